The second-order valence-corrected chi connectivity index (χ2v) is 7.53. The van der Waals surface area contributed by atoms with Crippen LogP contribution in [0.25, 0.3) is 0 Å². The zero-order valence-corrected chi connectivity index (χ0v) is 13.2. The maximum Gasteiger partial charge on any atom is 0.309 e. The first-order valence-corrected chi connectivity index (χ1v) is 7.71. The SMILES string of the molecule is CC(C)(C)C1CCC(Cc2cccc(F)c2)(C(=O)O)CC1. The third-order valence-corrected chi connectivity index (χ3v) is 5.05. The summed E-state index contributed by atoms with van der Waals surface area (Å²) in [6.07, 6.45) is 3.66. The summed E-state index contributed by atoms with van der Waals surface area (Å²) in [5.41, 5.74) is 0.283. The first kappa shape index (κ1) is 16.0. The maximum absolute atomic E-state index is 13.3. The van der Waals surface area contributed by atoms with Crippen molar-refractivity contribution in [2.75, 3.05) is 0 Å². The van der Waals surface area contributed by atoms with Crippen molar-refractivity contribution in [3.63, 3.8) is 0 Å². The fraction of sp³-hybridized carbons (Fsp3) is 0.611. The van der Waals surface area contributed by atoms with Gasteiger partial charge in [-0.15, -0.1) is 0 Å². The Kier molecular flexibility index (Phi) is 4.40. The predicted octanol–water partition coefficient (Wildman–Crippen LogP) is 4.68. The van der Waals surface area contributed by atoms with Crippen LogP contribution in [0.2, 0.25) is 0 Å². The Labute approximate surface area is 126 Å². The molecule has 0 aromatic heterocycles. The van der Waals surface area contributed by atoms with Gasteiger partial charge in [0.15, 0.2) is 0 Å². The Balaban J connectivity index is 2.15. The molecular weight excluding hydrogens is 267 g/mol. The van der Waals surface area contributed by atoms with Crippen LogP contribution >= 0.6 is 0 Å². The molecule has 3 heteroatoms. The lowest BCUT2D eigenvalue weighted by Crippen LogP contribution is -2.39. The van der Waals surface area contributed by atoms with Gasteiger partial charge in [0.25, 0.3) is 0 Å². The van der Waals surface area contributed by atoms with Gasteiger partial charge >= 0.3 is 5.97 Å². The molecule has 2 rings (SSSR count). The van der Waals surface area contributed by atoms with E-state index in [2.05, 4.69) is 20.8 Å². The monoisotopic (exact) mass is 292 g/mol. The van der Waals surface area contributed by atoms with E-state index in [1.807, 2.05) is 6.07 Å². The van der Waals surface area contributed by atoms with E-state index in [0.717, 1.165) is 18.4 Å². The number of rotatable bonds is 3. The quantitative estimate of drug-likeness (QED) is 0.878. The van der Waals surface area contributed by atoms with E-state index in [-0.39, 0.29) is 11.2 Å². The molecule has 0 saturated heterocycles. The maximum atomic E-state index is 13.3. The van der Waals surface area contributed by atoms with E-state index in [0.29, 0.717) is 25.2 Å². The van der Waals surface area contributed by atoms with Crippen LogP contribution in [0.15, 0.2) is 24.3 Å². The van der Waals surface area contributed by atoms with Crippen LogP contribution in [0.3, 0.4) is 0 Å². The molecule has 1 fully saturated rings. The standard InChI is InChI=1S/C18H25FO2/c1-17(2,3)14-7-9-18(10-8-14,16(20)21)12-13-5-4-6-15(19)11-13/h4-6,11,14H,7-10,12H2,1-3H3,(H,20,21). The van der Waals surface area contributed by atoms with Gasteiger partial charge in [-0.05, 0) is 61.1 Å². The zero-order chi connectivity index (χ0) is 15.7. The number of carboxylic acid groups (broad SMARTS) is 1. The Morgan fingerprint density at radius 1 is 1.33 bits per heavy atom. The molecule has 0 aliphatic heterocycles. The number of benzene rings is 1. The first-order valence-electron chi connectivity index (χ1n) is 7.71. The first-order chi connectivity index (χ1) is 9.73. The third kappa shape index (κ3) is 3.63. The highest BCUT2D eigenvalue weighted by molar-refractivity contribution is 5.75. The summed E-state index contributed by atoms with van der Waals surface area (Å²) in [5.74, 6) is -0.465. The zero-order valence-electron chi connectivity index (χ0n) is 13.2. The van der Waals surface area contributed by atoms with E-state index in [1.165, 1.54) is 12.1 Å². The summed E-state index contributed by atoms with van der Waals surface area (Å²) in [4.78, 5) is 11.8. The van der Waals surface area contributed by atoms with Crippen molar-refractivity contribution >= 4 is 5.97 Å². The van der Waals surface area contributed by atoms with Gasteiger partial charge in [0.05, 0.1) is 5.41 Å². The van der Waals surface area contributed by atoms with Crippen LogP contribution in [-0.4, -0.2) is 11.1 Å². The van der Waals surface area contributed by atoms with Gasteiger partial charge in [-0.2, -0.15) is 0 Å². The van der Waals surface area contributed by atoms with E-state index >= 15 is 0 Å². The van der Waals surface area contributed by atoms with Gasteiger partial charge in [0.1, 0.15) is 5.82 Å². The van der Waals surface area contributed by atoms with Crippen molar-refractivity contribution in [1.82, 2.24) is 0 Å². The molecular formula is C18H25FO2. The van der Waals surface area contributed by atoms with Crippen molar-refractivity contribution in [2.45, 2.75) is 52.9 Å². The highest BCUT2D eigenvalue weighted by Gasteiger charge is 2.44. The van der Waals surface area contributed by atoms with Gasteiger partial charge in [-0.1, -0.05) is 32.9 Å². The van der Waals surface area contributed by atoms with Crippen LogP contribution in [0.4, 0.5) is 4.39 Å². The molecule has 0 heterocycles. The minimum absolute atomic E-state index is 0.226. The predicted molar refractivity (Wildman–Crippen MR) is 81.6 cm³/mol. The third-order valence-electron chi connectivity index (χ3n) is 5.05. The Bertz CT molecular complexity index is 508. The summed E-state index contributed by atoms with van der Waals surface area (Å²) in [5, 5.41) is 9.71. The molecule has 1 aliphatic rings. The minimum atomic E-state index is -0.737. The lowest BCUT2D eigenvalue weighted by Gasteiger charge is -2.42. The Hall–Kier alpha value is -1.38. The lowest BCUT2D eigenvalue weighted by molar-refractivity contribution is -0.152. The normalized spacial score (nSPS) is 26.6. The number of carbonyl (C=O) groups is 1. The van der Waals surface area contributed by atoms with Crippen LogP contribution in [0.5, 0.6) is 0 Å². The molecule has 0 atom stereocenters. The van der Waals surface area contributed by atoms with Crippen LogP contribution in [-0.2, 0) is 11.2 Å². The number of carboxylic acids is 1. The average Bonchev–Trinajstić information content (AvgIpc) is 2.38. The Morgan fingerprint density at radius 2 is 1.95 bits per heavy atom. The smallest absolute Gasteiger partial charge is 0.309 e. The lowest BCUT2D eigenvalue weighted by atomic mass is 9.62. The molecule has 1 aliphatic carbocycles. The Morgan fingerprint density at radius 3 is 2.43 bits per heavy atom. The van der Waals surface area contributed by atoms with Gasteiger partial charge in [0, 0.05) is 0 Å². The highest BCUT2D eigenvalue weighted by Crippen LogP contribution is 2.47. The van der Waals surface area contributed by atoms with Crippen LogP contribution in [0.1, 0.15) is 52.0 Å². The summed E-state index contributed by atoms with van der Waals surface area (Å²) in [6, 6.07) is 6.33. The van der Waals surface area contributed by atoms with Gasteiger partial charge in [-0.3, -0.25) is 4.79 Å². The molecule has 0 bridgehead atoms. The van der Waals surface area contributed by atoms with E-state index in [4.69, 9.17) is 0 Å². The second-order valence-electron chi connectivity index (χ2n) is 7.53. The van der Waals surface area contributed by atoms with Gasteiger partial charge < -0.3 is 5.11 Å². The van der Waals surface area contributed by atoms with Crippen molar-refractivity contribution < 1.29 is 14.3 Å². The summed E-state index contributed by atoms with van der Waals surface area (Å²) >= 11 is 0. The van der Waals surface area contributed by atoms with Gasteiger partial charge in [0.2, 0.25) is 0 Å². The molecule has 1 saturated carbocycles. The molecule has 0 spiro atoms. The fourth-order valence-corrected chi connectivity index (χ4v) is 3.54. The van der Waals surface area contributed by atoms with Crippen molar-refractivity contribution in [2.24, 2.45) is 16.7 Å². The number of aliphatic carboxylic acids is 1. The number of hydrogen-bond donors (Lipinski definition) is 1. The second kappa shape index (κ2) is 5.78. The van der Waals surface area contributed by atoms with Crippen molar-refractivity contribution in [1.29, 1.82) is 0 Å². The largest absolute Gasteiger partial charge is 0.481 e. The molecule has 1 aromatic carbocycles. The summed E-state index contributed by atoms with van der Waals surface area (Å²) < 4.78 is 13.3. The fourth-order valence-electron chi connectivity index (χ4n) is 3.54. The molecule has 0 amide bonds. The van der Waals surface area contributed by atoms with Gasteiger partial charge in [-0.25, -0.2) is 4.39 Å². The molecule has 0 unspecified atom stereocenters. The molecule has 2 nitrogen and oxygen atoms in total. The molecule has 1 aromatic rings. The highest BCUT2D eigenvalue weighted by atomic mass is 19.1. The van der Waals surface area contributed by atoms with Crippen molar-refractivity contribution in [3.05, 3.63) is 35.6 Å². The number of hydrogen-bond acceptors (Lipinski definition) is 1. The topological polar surface area (TPSA) is 37.3 Å². The molecule has 0 radical (unpaired) electrons. The van der Waals surface area contributed by atoms with E-state index < -0.39 is 11.4 Å². The molecule has 116 valence electrons. The summed E-state index contributed by atoms with van der Waals surface area (Å²) in [7, 11) is 0. The number of halogens is 1. The van der Waals surface area contributed by atoms with E-state index in [1.54, 1.807) is 6.07 Å². The minimum Gasteiger partial charge on any atom is -0.481 e. The van der Waals surface area contributed by atoms with Crippen LogP contribution in [0, 0.1) is 22.6 Å². The average molecular weight is 292 g/mol. The molecule has 1 N–H and O–H groups in total. The van der Waals surface area contributed by atoms with Crippen molar-refractivity contribution in [3.8, 4) is 0 Å². The summed E-state index contributed by atoms with van der Waals surface area (Å²) in [6.45, 7) is 6.66. The van der Waals surface area contributed by atoms with E-state index in [9.17, 15) is 14.3 Å². The van der Waals surface area contributed by atoms with Crippen LogP contribution < -0.4 is 0 Å². The molecule has 21 heavy (non-hydrogen) atoms.